The van der Waals surface area contributed by atoms with E-state index in [1.54, 1.807) is 0 Å². The first kappa shape index (κ1) is 14.0. The van der Waals surface area contributed by atoms with Gasteiger partial charge in [0.25, 0.3) is 5.91 Å². The molecule has 102 valence electrons. The topological polar surface area (TPSA) is 61.7 Å². The van der Waals surface area contributed by atoms with Gasteiger partial charge in [0.2, 0.25) is 0 Å². The molecule has 0 atom stereocenters. The lowest BCUT2D eigenvalue weighted by molar-refractivity contribution is 0.0955. The van der Waals surface area contributed by atoms with Crippen molar-refractivity contribution in [1.82, 2.24) is 5.43 Å². The van der Waals surface area contributed by atoms with Gasteiger partial charge in [0, 0.05) is 11.1 Å². The van der Waals surface area contributed by atoms with Gasteiger partial charge in [0.15, 0.2) is 0 Å². The summed E-state index contributed by atoms with van der Waals surface area (Å²) in [6, 6.07) is 9.89. The van der Waals surface area contributed by atoms with Crippen LogP contribution in [0.3, 0.4) is 0 Å². The number of phenols is 1. The maximum atomic E-state index is 13.4. The molecule has 0 radical (unpaired) electrons. The molecule has 2 aromatic carbocycles. The zero-order valence-electron chi connectivity index (χ0n) is 10.2. The molecule has 2 aromatic rings. The molecule has 1 amide bonds. The zero-order chi connectivity index (χ0) is 14.5. The van der Waals surface area contributed by atoms with Gasteiger partial charge < -0.3 is 5.11 Å². The van der Waals surface area contributed by atoms with Crippen LogP contribution < -0.4 is 5.43 Å². The maximum Gasteiger partial charge on any atom is 0.271 e. The van der Waals surface area contributed by atoms with E-state index in [0.29, 0.717) is 5.56 Å². The van der Waals surface area contributed by atoms with Crippen molar-refractivity contribution in [2.24, 2.45) is 5.10 Å². The van der Waals surface area contributed by atoms with E-state index < -0.39 is 11.7 Å². The second-order valence-electron chi connectivity index (χ2n) is 3.88. The van der Waals surface area contributed by atoms with E-state index in [-0.39, 0.29) is 16.3 Å². The smallest absolute Gasteiger partial charge is 0.271 e. The Balaban J connectivity index is 2.06. The Labute approximate surface area is 119 Å². The highest BCUT2D eigenvalue weighted by Gasteiger charge is 2.05. The average molecular weight is 293 g/mol. The Hall–Kier alpha value is -2.40. The molecule has 0 aliphatic carbocycles. The van der Waals surface area contributed by atoms with Crippen LogP contribution in [-0.2, 0) is 0 Å². The summed E-state index contributed by atoms with van der Waals surface area (Å²) in [6.07, 6.45) is 1.13. The van der Waals surface area contributed by atoms with Crippen LogP contribution in [0.2, 0.25) is 5.02 Å². The number of nitrogens with zero attached hydrogens (tertiary/aromatic N) is 1. The van der Waals surface area contributed by atoms with Crippen LogP contribution in [0.1, 0.15) is 15.9 Å². The van der Waals surface area contributed by atoms with Crippen molar-refractivity contribution in [2.45, 2.75) is 0 Å². The summed E-state index contributed by atoms with van der Waals surface area (Å²) in [7, 11) is 0. The molecule has 0 aliphatic rings. The van der Waals surface area contributed by atoms with Gasteiger partial charge in [-0.2, -0.15) is 5.10 Å². The number of amides is 1. The number of hydrogen-bond acceptors (Lipinski definition) is 3. The molecule has 0 heterocycles. The third-order valence-electron chi connectivity index (χ3n) is 2.49. The van der Waals surface area contributed by atoms with Gasteiger partial charge in [-0.15, -0.1) is 0 Å². The second-order valence-corrected chi connectivity index (χ2v) is 4.29. The fraction of sp³-hybridized carbons (Fsp3) is 0. The molecule has 6 heteroatoms. The minimum absolute atomic E-state index is 0.0585. The molecule has 0 saturated carbocycles. The van der Waals surface area contributed by atoms with E-state index in [1.165, 1.54) is 42.5 Å². The van der Waals surface area contributed by atoms with Gasteiger partial charge in [0.05, 0.1) is 11.2 Å². The molecule has 4 nitrogen and oxygen atoms in total. The van der Waals surface area contributed by atoms with Gasteiger partial charge >= 0.3 is 0 Å². The molecule has 0 saturated heterocycles. The lowest BCUT2D eigenvalue weighted by Crippen LogP contribution is -2.17. The predicted molar refractivity (Wildman–Crippen MR) is 74.6 cm³/mol. The third kappa shape index (κ3) is 3.33. The van der Waals surface area contributed by atoms with Gasteiger partial charge in [-0.3, -0.25) is 4.79 Å². The number of benzene rings is 2. The quantitative estimate of drug-likeness (QED) is 0.675. The van der Waals surface area contributed by atoms with Crippen molar-refractivity contribution in [3.8, 4) is 5.75 Å². The first-order valence-corrected chi connectivity index (χ1v) is 6.02. The van der Waals surface area contributed by atoms with E-state index in [4.69, 9.17) is 16.7 Å². The van der Waals surface area contributed by atoms with Crippen molar-refractivity contribution >= 4 is 23.7 Å². The molecule has 0 aliphatic heterocycles. The van der Waals surface area contributed by atoms with Crippen molar-refractivity contribution < 1.29 is 14.3 Å². The Morgan fingerprint density at radius 2 is 1.95 bits per heavy atom. The van der Waals surface area contributed by atoms with Crippen LogP contribution in [0.25, 0.3) is 0 Å². The molecule has 0 spiro atoms. The summed E-state index contributed by atoms with van der Waals surface area (Å²) < 4.78 is 13.4. The van der Waals surface area contributed by atoms with Crippen LogP contribution in [0.5, 0.6) is 5.75 Å². The van der Waals surface area contributed by atoms with E-state index in [2.05, 4.69) is 10.5 Å². The fourth-order valence-corrected chi connectivity index (χ4v) is 1.68. The Bertz CT molecular complexity index is 636. The van der Waals surface area contributed by atoms with Crippen molar-refractivity contribution in [3.05, 3.63) is 64.4 Å². The number of rotatable bonds is 3. The average Bonchev–Trinajstić information content (AvgIpc) is 2.42. The van der Waals surface area contributed by atoms with Crippen molar-refractivity contribution in [2.75, 3.05) is 0 Å². The molecule has 0 fully saturated rings. The molecule has 2 N–H and O–H groups in total. The molecule has 0 bridgehead atoms. The molecule has 2 rings (SSSR count). The summed E-state index contributed by atoms with van der Waals surface area (Å²) in [6.45, 7) is 0. The normalized spacial score (nSPS) is 10.7. The van der Waals surface area contributed by atoms with E-state index in [1.807, 2.05) is 0 Å². The number of halogens is 2. The number of carbonyl (C=O) groups excluding carboxylic acids is 1. The van der Waals surface area contributed by atoms with Gasteiger partial charge in [-0.1, -0.05) is 17.7 Å². The van der Waals surface area contributed by atoms with E-state index in [9.17, 15) is 9.18 Å². The van der Waals surface area contributed by atoms with Crippen LogP contribution in [-0.4, -0.2) is 17.2 Å². The van der Waals surface area contributed by atoms with Crippen molar-refractivity contribution in [1.29, 1.82) is 0 Å². The summed E-state index contributed by atoms with van der Waals surface area (Å²) in [5, 5.41) is 13.0. The van der Waals surface area contributed by atoms with Gasteiger partial charge in [0.1, 0.15) is 11.6 Å². The standard InChI is InChI=1S/C14H10ClFN2O2/c15-12-2-1-3-13(16)11(12)8-17-18-14(20)9-4-6-10(19)7-5-9/h1-8,19H,(H,18,20)/b17-8+. The van der Waals surface area contributed by atoms with E-state index >= 15 is 0 Å². The van der Waals surface area contributed by atoms with Gasteiger partial charge in [-0.05, 0) is 36.4 Å². The van der Waals surface area contributed by atoms with E-state index in [0.717, 1.165) is 6.21 Å². The minimum Gasteiger partial charge on any atom is -0.508 e. The number of hydrogen-bond donors (Lipinski definition) is 2. The monoisotopic (exact) mass is 292 g/mol. The number of phenolic OH excluding ortho intramolecular Hbond substituents is 1. The Morgan fingerprint density at radius 1 is 1.25 bits per heavy atom. The second kappa shape index (κ2) is 6.16. The number of nitrogens with one attached hydrogen (secondary N) is 1. The highest BCUT2D eigenvalue weighted by molar-refractivity contribution is 6.33. The highest BCUT2D eigenvalue weighted by Crippen LogP contribution is 2.16. The maximum absolute atomic E-state index is 13.4. The SMILES string of the molecule is O=C(N/N=C/c1c(F)cccc1Cl)c1ccc(O)cc1. The van der Waals surface area contributed by atoms with Crippen LogP contribution in [0, 0.1) is 5.82 Å². The lowest BCUT2D eigenvalue weighted by atomic mass is 10.2. The Morgan fingerprint density at radius 3 is 2.60 bits per heavy atom. The van der Waals surface area contributed by atoms with Gasteiger partial charge in [-0.25, -0.2) is 9.82 Å². The summed E-state index contributed by atoms with van der Waals surface area (Å²) in [4.78, 5) is 11.7. The summed E-state index contributed by atoms with van der Waals surface area (Å²) >= 11 is 5.81. The number of aromatic hydroxyl groups is 1. The molecule has 0 aromatic heterocycles. The minimum atomic E-state index is -0.528. The molecular weight excluding hydrogens is 283 g/mol. The van der Waals surface area contributed by atoms with Crippen LogP contribution in [0.15, 0.2) is 47.6 Å². The highest BCUT2D eigenvalue weighted by atomic mass is 35.5. The number of carbonyl (C=O) groups is 1. The zero-order valence-corrected chi connectivity index (χ0v) is 10.9. The fourth-order valence-electron chi connectivity index (χ4n) is 1.47. The summed E-state index contributed by atoms with van der Waals surface area (Å²) in [5.74, 6) is -0.947. The van der Waals surface area contributed by atoms with Crippen molar-refractivity contribution in [3.63, 3.8) is 0 Å². The molecular formula is C14H10ClFN2O2. The summed E-state index contributed by atoms with van der Waals surface area (Å²) in [5.41, 5.74) is 2.66. The first-order valence-electron chi connectivity index (χ1n) is 5.64. The molecule has 20 heavy (non-hydrogen) atoms. The number of hydrazone groups is 1. The van der Waals surface area contributed by atoms with Crippen LogP contribution >= 0.6 is 11.6 Å². The predicted octanol–water partition coefficient (Wildman–Crippen LogP) is 2.95. The largest absolute Gasteiger partial charge is 0.508 e. The lowest BCUT2D eigenvalue weighted by Gasteiger charge is -2.01. The molecule has 0 unspecified atom stereocenters. The third-order valence-corrected chi connectivity index (χ3v) is 2.82. The van der Waals surface area contributed by atoms with Crippen LogP contribution in [0.4, 0.5) is 4.39 Å². The Kier molecular flexibility index (Phi) is 4.32. The first-order chi connectivity index (χ1) is 9.58.